The smallest absolute Gasteiger partial charge is 0.338 e. The lowest BCUT2D eigenvalue weighted by Gasteiger charge is -2.20. The van der Waals surface area contributed by atoms with Crippen molar-refractivity contribution in [2.24, 2.45) is 0 Å². The van der Waals surface area contributed by atoms with Gasteiger partial charge in [-0.25, -0.2) is 4.79 Å². The first kappa shape index (κ1) is 17.0. The van der Waals surface area contributed by atoms with Crippen LogP contribution in [0, 0.1) is 11.3 Å². The van der Waals surface area contributed by atoms with Crippen LogP contribution in [0.2, 0.25) is 0 Å². The van der Waals surface area contributed by atoms with Gasteiger partial charge < -0.3 is 19.8 Å². The highest BCUT2D eigenvalue weighted by atomic mass is 16.5. The molecule has 1 rings (SSSR count). The van der Waals surface area contributed by atoms with Gasteiger partial charge in [0.1, 0.15) is 6.10 Å². The SMILES string of the molecule is CCOC(=O)C(O)C(O)c1ccc(N(C)CCC#N)cc1. The molecule has 0 saturated heterocycles. The molecule has 2 unspecified atom stereocenters. The van der Waals surface area contributed by atoms with Crippen molar-refractivity contribution in [3.63, 3.8) is 0 Å². The number of ether oxygens (including phenoxy) is 1. The molecule has 0 bridgehead atoms. The number of nitriles is 1. The van der Waals surface area contributed by atoms with Crippen molar-refractivity contribution in [3.05, 3.63) is 29.8 Å². The van der Waals surface area contributed by atoms with Gasteiger partial charge in [0.25, 0.3) is 0 Å². The summed E-state index contributed by atoms with van der Waals surface area (Å²) >= 11 is 0. The van der Waals surface area contributed by atoms with Crippen LogP contribution in [0.5, 0.6) is 0 Å². The Labute approximate surface area is 124 Å². The van der Waals surface area contributed by atoms with Crippen LogP contribution in [0.3, 0.4) is 0 Å². The molecule has 0 aliphatic heterocycles. The van der Waals surface area contributed by atoms with E-state index in [1.165, 1.54) is 0 Å². The zero-order chi connectivity index (χ0) is 15.8. The number of benzene rings is 1. The maximum Gasteiger partial charge on any atom is 0.338 e. The van der Waals surface area contributed by atoms with Crippen LogP contribution in [0.25, 0.3) is 0 Å². The number of esters is 1. The molecule has 6 heteroatoms. The van der Waals surface area contributed by atoms with Gasteiger partial charge in [0.05, 0.1) is 19.1 Å². The van der Waals surface area contributed by atoms with E-state index in [1.54, 1.807) is 31.2 Å². The summed E-state index contributed by atoms with van der Waals surface area (Å²) in [4.78, 5) is 13.3. The summed E-state index contributed by atoms with van der Waals surface area (Å²) in [5, 5.41) is 28.2. The van der Waals surface area contributed by atoms with Gasteiger partial charge in [0, 0.05) is 19.3 Å². The number of aliphatic hydroxyl groups is 2. The fourth-order valence-corrected chi connectivity index (χ4v) is 1.81. The summed E-state index contributed by atoms with van der Waals surface area (Å²) < 4.78 is 4.66. The van der Waals surface area contributed by atoms with Crippen molar-refractivity contribution in [1.29, 1.82) is 5.26 Å². The fourth-order valence-electron chi connectivity index (χ4n) is 1.81. The molecule has 0 aromatic heterocycles. The first-order valence-corrected chi connectivity index (χ1v) is 6.72. The molecular weight excluding hydrogens is 272 g/mol. The second kappa shape index (κ2) is 8.25. The Morgan fingerprint density at radius 2 is 2.00 bits per heavy atom. The zero-order valence-electron chi connectivity index (χ0n) is 12.2. The lowest BCUT2D eigenvalue weighted by atomic mass is 10.0. The van der Waals surface area contributed by atoms with E-state index in [2.05, 4.69) is 10.8 Å². The van der Waals surface area contributed by atoms with Crippen LogP contribution in [0.4, 0.5) is 5.69 Å². The third-order valence-corrected chi connectivity index (χ3v) is 3.06. The topological polar surface area (TPSA) is 93.8 Å². The van der Waals surface area contributed by atoms with Gasteiger partial charge in [-0.05, 0) is 24.6 Å². The number of anilines is 1. The summed E-state index contributed by atoms with van der Waals surface area (Å²) in [6, 6.07) is 8.85. The van der Waals surface area contributed by atoms with E-state index in [4.69, 9.17) is 5.26 Å². The van der Waals surface area contributed by atoms with Crippen molar-refractivity contribution >= 4 is 11.7 Å². The van der Waals surface area contributed by atoms with Gasteiger partial charge in [-0.15, -0.1) is 0 Å². The van der Waals surface area contributed by atoms with Crippen LogP contribution >= 0.6 is 0 Å². The normalized spacial score (nSPS) is 13.1. The Morgan fingerprint density at radius 1 is 1.38 bits per heavy atom. The molecule has 2 N–H and O–H groups in total. The van der Waals surface area contributed by atoms with E-state index in [1.807, 2.05) is 11.9 Å². The molecular formula is C15H20N2O4. The third kappa shape index (κ3) is 4.74. The van der Waals surface area contributed by atoms with Crippen LogP contribution in [-0.4, -0.2) is 42.5 Å². The van der Waals surface area contributed by atoms with Gasteiger partial charge >= 0.3 is 5.97 Å². The van der Waals surface area contributed by atoms with Gasteiger partial charge in [-0.1, -0.05) is 12.1 Å². The predicted molar refractivity (Wildman–Crippen MR) is 77.5 cm³/mol. The fraction of sp³-hybridized carbons (Fsp3) is 0.467. The molecule has 2 atom stereocenters. The van der Waals surface area contributed by atoms with Crippen LogP contribution in [0.15, 0.2) is 24.3 Å². The quantitative estimate of drug-likeness (QED) is 0.728. The number of nitrogens with zero attached hydrogens (tertiary/aromatic N) is 2. The maximum atomic E-state index is 11.4. The molecule has 0 aliphatic rings. The average molecular weight is 292 g/mol. The number of carbonyl (C=O) groups excluding carboxylic acids is 1. The lowest BCUT2D eigenvalue weighted by molar-refractivity contribution is -0.159. The molecule has 0 saturated carbocycles. The van der Waals surface area contributed by atoms with Crippen molar-refractivity contribution in [2.45, 2.75) is 25.6 Å². The number of carbonyl (C=O) groups is 1. The van der Waals surface area contributed by atoms with Gasteiger partial charge in [-0.2, -0.15) is 5.26 Å². The molecule has 1 aromatic rings. The van der Waals surface area contributed by atoms with Crippen molar-refractivity contribution in [1.82, 2.24) is 0 Å². The number of aliphatic hydroxyl groups excluding tert-OH is 2. The molecule has 0 amide bonds. The van der Waals surface area contributed by atoms with Crippen LogP contribution in [0.1, 0.15) is 25.0 Å². The standard InChI is InChI=1S/C15H20N2O4/c1-3-21-15(20)14(19)13(18)11-5-7-12(8-6-11)17(2)10-4-9-16/h5-8,13-14,18-19H,3-4,10H2,1-2H3. The van der Waals surface area contributed by atoms with Crippen molar-refractivity contribution < 1.29 is 19.7 Å². The average Bonchev–Trinajstić information content (AvgIpc) is 2.51. The largest absolute Gasteiger partial charge is 0.464 e. The Morgan fingerprint density at radius 3 is 2.52 bits per heavy atom. The van der Waals surface area contributed by atoms with E-state index >= 15 is 0 Å². The molecule has 114 valence electrons. The van der Waals surface area contributed by atoms with E-state index in [0.29, 0.717) is 18.5 Å². The highest BCUT2D eigenvalue weighted by molar-refractivity contribution is 5.75. The second-order valence-electron chi connectivity index (χ2n) is 4.56. The Kier molecular flexibility index (Phi) is 6.66. The van der Waals surface area contributed by atoms with E-state index in [9.17, 15) is 15.0 Å². The van der Waals surface area contributed by atoms with Crippen molar-refractivity contribution in [3.8, 4) is 6.07 Å². The minimum absolute atomic E-state index is 0.144. The van der Waals surface area contributed by atoms with Crippen molar-refractivity contribution in [2.75, 3.05) is 25.1 Å². The molecule has 6 nitrogen and oxygen atoms in total. The predicted octanol–water partition coefficient (Wildman–Crippen LogP) is 0.994. The summed E-state index contributed by atoms with van der Waals surface area (Å²) in [5.41, 5.74) is 1.31. The summed E-state index contributed by atoms with van der Waals surface area (Å²) in [7, 11) is 1.86. The summed E-state index contributed by atoms with van der Waals surface area (Å²) in [6.45, 7) is 2.37. The molecule has 0 radical (unpaired) electrons. The molecule has 0 aliphatic carbocycles. The Balaban J connectivity index is 2.73. The molecule has 0 fully saturated rings. The molecule has 0 spiro atoms. The number of rotatable bonds is 7. The minimum Gasteiger partial charge on any atom is -0.464 e. The molecule has 1 aromatic carbocycles. The van der Waals surface area contributed by atoms with E-state index in [-0.39, 0.29) is 6.61 Å². The number of hydrogen-bond acceptors (Lipinski definition) is 6. The molecule has 0 heterocycles. The Hall–Kier alpha value is -2.10. The second-order valence-corrected chi connectivity index (χ2v) is 4.56. The maximum absolute atomic E-state index is 11.4. The molecule has 21 heavy (non-hydrogen) atoms. The zero-order valence-corrected chi connectivity index (χ0v) is 12.2. The van der Waals surface area contributed by atoms with Gasteiger partial charge in [-0.3, -0.25) is 0 Å². The highest BCUT2D eigenvalue weighted by Gasteiger charge is 2.26. The van der Waals surface area contributed by atoms with E-state index in [0.717, 1.165) is 5.69 Å². The van der Waals surface area contributed by atoms with Crippen LogP contribution in [-0.2, 0) is 9.53 Å². The summed E-state index contributed by atoms with van der Waals surface area (Å²) in [5.74, 6) is -0.847. The Bertz CT molecular complexity index is 495. The van der Waals surface area contributed by atoms with Gasteiger partial charge in [0.15, 0.2) is 6.10 Å². The third-order valence-electron chi connectivity index (χ3n) is 3.06. The van der Waals surface area contributed by atoms with E-state index < -0.39 is 18.2 Å². The monoisotopic (exact) mass is 292 g/mol. The lowest BCUT2D eigenvalue weighted by Crippen LogP contribution is -2.29. The van der Waals surface area contributed by atoms with Gasteiger partial charge in [0.2, 0.25) is 0 Å². The number of hydrogen-bond donors (Lipinski definition) is 2. The minimum atomic E-state index is -1.60. The first-order valence-electron chi connectivity index (χ1n) is 6.72. The first-order chi connectivity index (χ1) is 10.0. The summed E-state index contributed by atoms with van der Waals surface area (Å²) in [6.07, 6.45) is -2.52. The highest BCUT2D eigenvalue weighted by Crippen LogP contribution is 2.21. The van der Waals surface area contributed by atoms with Crippen LogP contribution < -0.4 is 4.90 Å².